The average molecular weight is 462 g/mol. The lowest BCUT2D eigenvalue weighted by Gasteiger charge is -2.44. The Bertz CT molecular complexity index is 954. The smallest absolute Gasteiger partial charge is 0.260 e. The predicted octanol–water partition coefficient (Wildman–Crippen LogP) is 3.62. The number of amides is 2. The van der Waals surface area contributed by atoms with Crippen molar-refractivity contribution in [2.45, 2.75) is 45.9 Å². The fourth-order valence-electron chi connectivity index (χ4n) is 3.86. The zero-order chi connectivity index (χ0) is 23.3. The summed E-state index contributed by atoms with van der Waals surface area (Å²) in [6, 6.07) is 11.8. The minimum atomic E-state index is -0.244. The molecule has 2 amide bonds. The van der Waals surface area contributed by atoms with Crippen molar-refractivity contribution >= 4 is 23.4 Å². The van der Waals surface area contributed by atoms with Crippen molar-refractivity contribution in [3.05, 3.63) is 64.4 Å². The number of rotatable bonds is 7. The standard InChI is InChI=1S/C24H29ClFN3O3/c1-16-13-29(17(2)12-28(16)14-19-4-7-22(26)8-5-19)24(31)15-32-23-9-6-21(25)10-20(23)11-27-18(3)30/h4-10,16-17H,11-15H2,1-3H3,(H,27,30)/t16-,17+/m0/s1. The third kappa shape index (κ3) is 6.43. The topological polar surface area (TPSA) is 61.9 Å². The normalized spacial score (nSPS) is 19.0. The number of carbonyl (C=O) groups excluding carboxylic acids is 2. The number of halogens is 2. The first-order valence-electron chi connectivity index (χ1n) is 10.7. The van der Waals surface area contributed by atoms with Gasteiger partial charge in [-0.3, -0.25) is 14.5 Å². The Hall–Kier alpha value is -2.64. The Morgan fingerprint density at radius 3 is 2.53 bits per heavy atom. The summed E-state index contributed by atoms with van der Waals surface area (Å²) in [5, 5.41) is 3.25. The van der Waals surface area contributed by atoms with Crippen LogP contribution in [0.15, 0.2) is 42.5 Å². The molecule has 3 rings (SSSR count). The highest BCUT2D eigenvalue weighted by Crippen LogP contribution is 2.24. The van der Waals surface area contributed by atoms with Gasteiger partial charge in [0.15, 0.2) is 6.61 Å². The molecule has 0 aromatic heterocycles. The molecule has 6 nitrogen and oxygen atoms in total. The molecule has 0 bridgehead atoms. The average Bonchev–Trinajstić information content (AvgIpc) is 2.75. The molecule has 0 aliphatic carbocycles. The van der Waals surface area contributed by atoms with E-state index in [9.17, 15) is 14.0 Å². The van der Waals surface area contributed by atoms with E-state index in [4.69, 9.17) is 16.3 Å². The summed E-state index contributed by atoms with van der Waals surface area (Å²) in [6.07, 6.45) is 0. The summed E-state index contributed by atoms with van der Waals surface area (Å²) in [4.78, 5) is 28.3. The highest BCUT2D eigenvalue weighted by molar-refractivity contribution is 6.30. The largest absolute Gasteiger partial charge is 0.483 e. The van der Waals surface area contributed by atoms with E-state index in [0.29, 0.717) is 29.4 Å². The molecule has 0 spiro atoms. The molecular formula is C24H29ClFN3O3. The third-order valence-electron chi connectivity index (χ3n) is 5.64. The van der Waals surface area contributed by atoms with Gasteiger partial charge >= 0.3 is 0 Å². The van der Waals surface area contributed by atoms with Crippen LogP contribution in [0.2, 0.25) is 5.02 Å². The number of carbonyl (C=O) groups is 2. The lowest BCUT2D eigenvalue weighted by atomic mass is 10.1. The van der Waals surface area contributed by atoms with Gasteiger partial charge in [-0.2, -0.15) is 0 Å². The van der Waals surface area contributed by atoms with Gasteiger partial charge < -0.3 is 15.0 Å². The van der Waals surface area contributed by atoms with Crippen LogP contribution in [0.25, 0.3) is 0 Å². The van der Waals surface area contributed by atoms with E-state index in [1.54, 1.807) is 30.3 Å². The van der Waals surface area contributed by atoms with Crippen LogP contribution in [0, 0.1) is 5.82 Å². The highest BCUT2D eigenvalue weighted by atomic mass is 35.5. The summed E-state index contributed by atoms with van der Waals surface area (Å²) >= 11 is 6.06. The molecule has 1 N–H and O–H groups in total. The predicted molar refractivity (Wildman–Crippen MR) is 122 cm³/mol. The lowest BCUT2D eigenvalue weighted by molar-refractivity contribution is -0.139. The van der Waals surface area contributed by atoms with Crippen molar-refractivity contribution in [3.8, 4) is 5.75 Å². The fraction of sp³-hybridized carbons (Fsp3) is 0.417. The second-order valence-corrected chi connectivity index (χ2v) is 8.69. The van der Waals surface area contributed by atoms with Gasteiger partial charge in [0, 0.05) is 55.8 Å². The van der Waals surface area contributed by atoms with Crippen molar-refractivity contribution in [2.24, 2.45) is 0 Å². The van der Waals surface area contributed by atoms with Gasteiger partial charge in [-0.05, 0) is 49.7 Å². The van der Waals surface area contributed by atoms with Gasteiger partial charge in [0.2, 0.25) is 5.91 Å². The van der Waals surface area contributed by atoms with Crippen molar-refractivity contribution < 1.29 is 18.7 Å². The molecule has 1 aliphatic heterocycles. The molecule has 1 heterocycles. The van der Waals surface area contributed by atoms with Gasteiger partial charge in [0.1, 0.15) is 11.6 Å². The molecule has 2 aromatic rings. The molecule has 2 aromatic carbocycles. The summed E-state index contributed by atoms with van der Waals surface area (Å²) in [5.41, 5.74) is 1.76. The van der Waals surface area contributed by atoms with Crippen LogP contribution in [0.3, 0.4) is 0 Å². The Labute approximate surface area is 193 Å². The lowest BCUT2D eigenvalue weighted by Crippen LogP contribution is -2.58. The highest BCUT2D eigenvalue weighted by Gasteiger charge is 2.32. The van der Waals surface area contributed by atoms with Crippen LogP contribution in [0.4, 0.5) is 4.39 Å². The van der Waals surface area contributed by atoms with E-state index in [0.717, 1.165) is 12.1 Å². The van der Waals surface area contributed by atoms with E-state index < -0.39 is 0 Å². The number of piperazine rings is 1. The van der Waals surface area contributed by atoms with Crippen LogP contribution in [0.5, 0.6) is 5.75 Å². The van der Waals surface area contributed by atoms with Gasteiger partial charge in [-0.15, -0.1) is 0 Å². The van der Waals surface area contributed by atoms with Crippen molar-refractivity contribution in [2.75, 3.05) is 19.7 Å². The van der Waals surface area contributed by atoms with E-state index in [1.165, 1.54) is 19.1 Å². The second-order valence-electron chi connectivity index (χ2n) is 8.25. The van der Waals surface area contributed by atoms with Crippen LogP contribution >= 0.6 is 11.6 Å². The Balaban J connectivity index is 1.58. The van der Waals surface area contributed by atoms with Gasteiger partial charge in [-0.25, -0.2) is 4.39 Å². The first kappa shape index (κ1) is 24.0. The molecule has 2 atom stereocenters. The van der Waals surface area contributed by atoms with Crippen LogP contribution in [-0.2, 0) is 22.7 Å². The minimum Gasteiger partial charge on any atom is -0.483 e. The van der Waals surface area contributed by atoms with E-state index in [-0.39, 0.29) is 42.9 Å². The summed E-state index contributed by atoms with van der Waals surface area (Å²) < 4.78 is 19.0. The number of benzene rings is 2. The molecule has 8 heteroatoms. The first-order valence-corrected chi connectivity index (χ1v) is 11.0. The van der Waals surface area contributed by atoms with E-state index in [2.05, 4.69) is 17.1 Å². The van der Waals surface area contributed by atoms with Gasteiger partial charge in [0.05, 0.1) is 0 Å². The molecule has 32 heavy (non-hydrogen) atoms. The second kappa shape index (κ2) is 10.8. The van der Waals surface area contributed by atoms with Crippen molar-refractivity contribution in [1.29, 1.82) is 0 Å². The van der Waals surface area contributed by atoms with E-state index in [1.807, 2.05) is 11.8 Å². The number of ether oxygens (including phenoxy) is 1. The fourth-order valence-corrected chi connectivity index (χ4v) is 4.05. The zero-order valence-corrected chi connectivity index (χ0v) is 19.4. The van der Waals surface area contributed by atoms with E-state index >= 15 is 0 Å². The maximum absolute atomic E-state index is 13.2. The Morgan fingerprint density at radius 2 is 1.84 bits per heavy atom. The van der Waals surface area contributed by atoms with Gasteiger partial charge in [-0.1, -0.05) is 23.7 Å². The van der Waals surface area contributed by atoms with Crippen molar-refractivity contribution in [1.82, 2.24) is 15.1 Å². The number of nitrogens with zero attached hydrogens (tertiary/aromatic N) is 2. The molecule has 1 fully saturated rings. The SMILES string of the molecule is CC(=O)NCc1cc(Cl)ccc1OCC(=O)N1C[C@H](C)N(Cc2ccc(F)cc2)C[C@H]1C. The van der Waals surface area contributed by atoms with Crippen LogP contribution in [-0.4, -0.2) is 53.4 Å². The zero-order valence-electron chi connectivity index (χ0n) is 18.6. The maximum atomic E-state index is 13.2. The Morgan fingerprint density at radius 1 is 1.12 bits per heavy atom. The Kier molecular flexibility index (Phi) is 8.10. The molecule has 172 valence electrons. The third-order valence-corrected chi connectivity index (χ3v) is 5.87. The molecule has 1 saturated heterocycles. The maximum Gasteiger partial charge on any atom is 0.260 e. The number of nitrogens with one attached hydrogen (secondary N) is 1. The number of hydrogen-bond donors (Lipinski definition) is 1. The molecule has 0 unspecified atom stereocenters. The van der Waals surface area contributed by atoms with Crippen LogP contribution in [0.1, 0.15) is 31.9 Å². The molecule has 0 radical (unpaired) electrons. The molecule has 0 saturated carbocycles. The monoisotopic (exact) mass is 461 g/mol. The quantitative estimate of drug-likeness (QED) is 0.684. The van der Waals surface area contributed by atoms with Gasteiger partial charge in [0.25, 0.3) is 5.91 Å². The summed E-state index contributed by atoms with van der Waals surface area (Å²) in [6.45, 7) is 7.74. The minimum absolute atomic E-state index is 0.0202. The number of hydrogen-bond acceptors (Lipinski definition) is 4. The molecule has 1 aliphatic rings. The van der Waals surface area contributed by atoms with Crippen LogP contribution < -0.4 is 10.1 Å². The summed E-state index contributed by atoms with van der Waals surface area (Å²) in [7, 11) is 0. The molecular weight excluding hydrogens is 433 g/mol. The first-order chi connectivity index (χ1) is 15.2. The van der Waals surface area contributed by atoms with Crippen molar-refractivity contribution in [3.63, 3.8) is 0 Å². The summed E-state index contributed by atoms with van der Waals surface area (Å²) in [5.74, 6) is 0.0261.